The molecule has 2 aromatic carbocycles. The number of fused-ring (bicyclic) bond motifs is 1. The molecule has 100 valence electrons. The number of halogens is 3. The number of rotatable bonds is 2. The highest BCUT2D eigenvalue weighted by Crippen LogP contribution is 2.30. The summed E-state index contributed by atoms with van der Waals surface area (Å²) in [4.78, 5) is 8.15. The van der Waals surface area contributed by atoms with Crippen molar-refractivity contribution in [1.29, 1.82) is 0 Å². The number of nitrogens with zero attached hydrogens (tertiary/aromatic N) is 2. The zero-order valence-electron chi connectivity index (χ0n) is 9.98. The van der Waals surface area contributed by atoms with Gasteiger partial charge >= 0.3 is 0 Å². The van der Waals surface area contributed by atoms with E-state index in [0.717, 1.165) is 0 Å². The fourth-order valence-corrected chi connectivity index (χ4v) is 2.41. The van der Waals surface area contributed by atoms with Gasteiger partial charge in [-0.15, -0.1) is 0 Å². The smallest absolute Gasteiger partial charge is 0.231 e. The fourth-order valence-electron chi connectivity index (χ4n) is 1.80. The summed E-state index contributed by atoms with van der Waals surface area (Å²) < 4.78 is 19.6. The molecular weight excluding hydrogens is 347 g/mol. The summed E-state index contributed by atoms with van der Waals surface area (Å²) in [7, 11) is 0. The Morgan fingerprint density at radius 3 is 2.70 bits per heavy atom. The van der Waals surface area contributed by atoms with Crippen molar-refractivity contribution in [2.75, 3.05) is 0 Å². The summed E-state index contributed by atoms with van der Waals surface area (Å²) in [5.74, 6) is 0.216. The average molecular weight is 354 g/mol. The second kappa shape index (κ2) is 5.34. The molecule has 3 nitrogen and oxygen atoms in total. The van der Waals surface area contributed by atoms with Crippen LogP contribution in [0.2, 0.25) is 5.28 Å². The van der Waals surface area contributed by atoms with E-state index in [2.05, 4.69) is 25.9 Å². The Balaban J connectivity index is 2.10. The molecule has 0 saturated carbocycles. The molecule has 0 unspecified atom stereocenters. The molecule has 0 fully saturated rings. The van der Waals surface area contributed by atoms with Crippen LogP contribution in [-0.2, 0) is 0 Å². The van der Waals surface area contributed by atoms with E-state index >= 15 is 0 Å². The van der Waals surface area contributed by atoms with Crippen molar-refractivity contribution in [3.05, 3.63) is 58.0 Å². The van der Waals surface area contributed by atoms with Crippen LogP contribution in [0.5, 0.6) is 11.6 Å². The Hall–Kier alpha value is -1.72. The maximum atomic E-state index is 13.4. The van der Waals surface area contributed by atoms with Gasteiger partial charge < -0.3 is 4.74 Å². The molecular formula is C14H7BrClFN2O. The lowest BCUT2D eigenvalue weighted by Gasteiger charge is -2.08. The molecule has 0 aliphatic carbocycles. The molecule has 0 atom stereocenters. The number of para-hydroxylation sites is 1. The van der Waals surface area contributed by atoms with Crippen molar-refractivity contribution in [3.8, 4) is 11.6 Å². The Morgan fingerprint density at radius 1 is 1.10 bits per heavy atom. The van der Waals surface area contributed by atoms with Crippen molar-refractivity contribution >= 4 is 38.4 Å². The van der Waals surface area contributed by atoms with Gasteiger partial charge in [-0.2, -0.15) is 4.98 Å². The second-order valence-corrected chi connectivity index (χ2v) is 5.28. The normalized spacial score (nSPS) is 10.8. The van der Waals surface area contributed by atoms with E-state index in [1.54, 1.807) is 12.1 Å². The first kappa shape index (κ1) is 13.3. The van der Waals surface area contributed by atoms with Crippen LogP contribution < -0.4 is 4.74 Å². The Labute approximate surface area is 127 Å². The van der Waals surface area contributed by atoms with E-state index in [1.807, 2.05) is 18.2 Å². The van der Waals surface area contributed by atoms with Gasteiger partial charge in [-0.1, -0.05) is 28.1 Å². The van der Waals surface area contributed by atoms with Gasteiger partial charge in [0, 0.05) is 10.5 Å². The average Bonchev–Trinajstić information content (AvgIpc) is 2.37. The third-order valence-corrected chi connectivity index (χ3v) is 3.22. The number of ether oxygens (including phenoxy) is 1. The summed E-state index contributed by atoms with van der Waals surface area (Å²) in [6.07, 6.45) is 0. The fraction of sp³-hybridized carbons (Fsp3) is 0. The second-order valence-electron chi connectivity index (χ2n) is 4.02. The quantitative estimate of drug-likeness (QED) is 0.610. The van der Waals surface area contributed by atoms with Crippen molar-refractivity contribution in [2.24, 2.45) is 0 Å². The van der Waals surface area contributed by atoms with Crippen LogP contribution in [-0.4, -0.2) is 9.97 Å². The molecule has 0 saturated heterocycles. The third-order valence-electron chi connectivity index (χ3n) is 2.59. The van der Waals surface area contributed by atoms with Crippen LogP contribution in [0.1, 0.15) is 0 Å². The van der Waals surface area contributed by atoms with Crippen molar-refractivity contribution in [3.63, 3.8) is 0 Å². The van der Waals surface area contributed by atoms with E-state index in [4.69, 9.17) is 16.3 Å². The zero-order chi connectivity index (χ0) is 14.1. The van der Waals surface area contributed by atoms with Crippen LogP contribution in [0.3, 0.4) is 0 Å². The van der Waals surface area contributed by atoms with Crippen LogP contribution in [0, 0.1) is 5.82 Å². The van der Waals surface area contributed by atoms with Crippen LogP contribution >= 0.6 is 27.5 Å². The number of hydrogen-bond donors (Lipinski definition) is 0. The summed E-state index contributed by atoms with van der Waals surface area (Å²) in [6, 6.07) is 11.6. The lowest BCUT2D eigenvalue weighted by molar-refractivity contribution is 0.463. The first-order chi connectivity index (χ1) is 9.61. The van der Waals surface area contributed by atoms with Crippen molar-refractivity contribution in [1.82, 2.24) is 9.97 Å². The Bertz CT molecular complexity index is 777. The van der Waals surface area contributed by atoms with E-state index in [-0.39, 0.29) is 11.2 Å². The predicted molar refractivity (Wildman–Crippen MR) is 78.7 cm³/mol. The minimum Gasteiger partial charge on any atom is -0.438 e. The molecule has 0 N–H and O–H groups in total. The van der Waals surface area contributed by atoms with E-state index in [9.17, 15) is 4.39 Å². The first-order valence-electron chi connectivity index (χ1n) is 5.68. The number of hydrogen-bond acceptors (Lipinski definition) is 3. The minimum atomic E-state index is -0.404. The first-order valence-corrected chi connectivity index (χ1v) is 6.85. The predicted octanol–water partition coefficient (Wildman–Crippen LogP) is 4.98. The molecule has 0 radical (unpaired) electrons. The maximum absolute atomic E-state index is 13.4. The van der Waals surface area contributed by atoms with E-state index in [0.29, 0.717) is 21.1 Å². The molecule has 6 heteroatoms. The van der Waals surface area contributed by atoms with Gasteiger partial charge in [0.1, 0.15) is 11.6 Å². The van der Waals surface area contributed by atoms with Gasteiger partial charge in [-0.05, 0) is 35.9 Å². The van der Waals surface area contributed by atoms with E-state index < -0.39 is 5.82 Å². The minimum absolute atomic E-state index is 0.0779. The standard InChI is InChI=1S/C14H7BrClFN2O/c15-8-5-9(17)7-10(6-8)20-13-11-3-1-2-4-12(11)18-14(16)19-13/h1-7H. The summed E-state index contributed by atoms with van der Waals surface area (Å²) in [5, 5.41) is 0.784. The highest BCUT2D eigenvalue weighted by Gasteiger charge is 2.09. The lowest BCUT2D eigenvalue weighted by atomic mass is 10.2. The third kappa shape index (κ3) is 2.73. The van der Waals surface area contributed by atoms with Gasteiger partial charge in [0.05, 0.1) is 10.9 Å². The monoisotopic (exact) mass is 352 g/mol. The van der Waals surface area contributed by atoms with Crippen molar-refractivity contribution < 1.29 is 9.13 Å². The highest BCUT2D eigenvalue weighted by molar-refractivity contribution is 9.10. The molecule has 0 aliphatic heterocycles. The van der Waals surface area contributed by atoms with Gasteiger partial charge in [-0.3, -0.25) is 0 Å². The molecule has 0 aliphatic rings. The molecule has 0 amide bonds. The van der Waals surface area contributed by atoms with Gasteiger partial charge in [0.2, 0.25) is 11.2 Å². The Morgan fingerprint density at radius 2 is 1.90 bits per heavy atom. The summed E-state index contributed by atoms with van der Waals surface area (Å²) in [6.45, 7) is 0. The SMILES string of the molecule is Fc1cc(Br)cc(Oc2nc(Cl)nc3ccccc23)c1. The highest BCUT2D eigenvalue weighted by atomic mass is 79.9. The summed E-state index contributed by atoms with van der Waals surface area (Å²) >= 11 is 9.08. The van der Waals surface area contributed by atoms with Gasteiger partial charge in [0.25, 0.3) is 0 Å². The van der Waals surface area contributed by atoms with E-state index in [1.165, 1.54) is 12.1 Å². The molecule has 0 bridgehead atoms. The van der Waals surface area contributed by atoms with Gasteiger partial charge in [-0.25, -0.2) is 9.37 Å². The number of benzene rings is 2. The van der Waals surface area contributed by atoms with Crippen LogP contribution in [0.4, 0.5) is 4.39 Å². The maximum Gasteiger partial charge on any atom is 0.231 e. The molecule has 0 spiro atoms. The van der Waals surface area contributed by atoms with Crippen molar-refractivity contribution in [2.45, 2.75) is 0 Å². The topological polar surface area (TPSA) is 35.0 Å². The molecule has 3 aromatic rings. The molecule has 20 heavy (non-hydrogen) atoms. The van der Waals surface area contributed by atoms with Gasteiger partial charge in [0.15, 0.2) is 0 Å². The Kier molecular flexibility index (Phi) is 3.54. The molecule has 3 rings (SSSR count). The molecule has 1 heterocycles. The summed E-state index contributed by atoms with van der Waals surface area (Å²) in [5.41, 5.74) is 0.665. The number of aromatic nitrogens is 2. The lowest BCUT2D eigenvalue weighted by Crippen LogP contribution is -1.93. The molecule has 1 aromatic heterocycles. The van der Waals surface area contributed by atoms with Crippen LogP contribution in [0.15, 0.2) is 46.9 Å². The largest absolute Gasteiger partial charge is 0.438 e. The van der Waals surface area contributed by atoms with Crippen LogP contribution in [0.25, 0.3) is 10.9 Å². The zero-order valence-corrected chi connectivity index (χ0v) is 12.3.